The second-order valence-electron chi connectivity index (χ2n) is 4.73. The molecule has 1 aromatic heterocycles. The summed E-state index contributed by atoms with van der Waals surface area (Å²) in [5, 5.41) is 0. The summed E-state index contributed by atoms with van der Waals surface area (Å²) in [6.07, 6.45) is 0.984. The highest BCUT2D eigenvalue weighted by Crippen LogP contribution is 2.39. The molecule has 0 amide bonds. The van der Waals surface area contributed by atoms with Gasteiger partial charge in [0.1, 0.15) is 0 Å². The molecule has 0 spiro atoms. The monoisotopic (exact) mass is 291 g/mol. The second kappa shape index (κ2) is 6.07. The van der Waals surface area contributed by atoms with Gasteiger partial charge in [0.15, 0.2) is 0 Å². The lowest BCUT2D eigenvalue weighted by Gasteiger charge is -2.11. The van der Waals surface area contributed by atoms with Gasteiger partial charge in [-0.2, -0.15) is 0 Å². The van der Waals surface area contributed by atoms with Crippen LogP contribution in [0, 0.1) is 6.92 Å². The number of nitrogens with zero attached hydrogens (tertiary/aromatic N) is 1. The van der Waals surface area contributed by atoms with Crippen molar-refractivity contribution in [3.63, 3.8) is 0 Å². The molecule has 0 saturated carbocycles. The van der Waals surface area contributed by atoms with Gasteiger partial charge in [0.2, 0.25) is 0 Å². The van der Waals surface area contributed by atoms with E-state index < -0.39 is 0 Å². The first kappa shape index (κ1) is 13.2. The molecule has 1 aliphatic heterocycles. The van der Waals surface area contributed by atoms with Crippen LogP contribution in [0.2, 0.25) is 0 Å². The molecule has 1 atom stereocenters. The Balaban J connectivity index is 1.48. The van der Waals surface area contributed by atoms with Gasteiger partial charge in [-0.1, -0.05) is 18.2 Å². The van der Waals surface area contributed by atoms with Crippen LogP contribution in [0.15, 0.2) is 34.7 Å². The Morgan fingerprint density at radius 3 is 3.11 bits per heavy atom. The molecule has 1 aromatic carbocycles. The first-order valence-electron chi connectivity index (χ1n) is 6.53. The summed E-state index contributed by atoms with van der Waals surface area (Å²) < 4.78 is 5.87. The van der Waals surface area contributed by atoms with E-state index in [1.165, 1.54) is 15.3 Å². The molecule has 4 heteroatoms. The van der Waals surface area contributed by atoms with Gasteiger partial charge in [-0.3, -0.25) is 0 Å². The molecule has 0 N–H and O–H groups in total. The average molecular weight is 291 g/mol. The van der Waals surface area contributed by atoms with Gasteiger partial charge in [-0.25, -0.2) is 4.98 Å². The van der Waals surface area contributed by atoms with Crippen LogP contribution < -0.4 is 0 Å². The van der Waals surface area contributed by atoms with Crippen molar-refractivity contribution in [2.75, 3.05) is 19.0 Å². The van der Waals surface area contributed by atoms with Gasteiger partial charge in [0.25, 0.3) is 0 Å². The lowest BCUT2D eigenvalue weighted by atomic mass is 10.0. The Bertz CT molecular complexity index is 553. The minimum Gasteiger partial charge on any atom is -0.380 e. The number of aryl methyl sites for hydroxylation is 1. The van der Waals surface area contributed by atoms with Crippen molar-refractivity contribution in [2.24, 2.45) is 0 Å². The lowest BCUT2D eigenvalue weighted by molar-refractivity contribution is 0.128. The maximum atomic E-state index is 5.87. The Kier molecular flexibility index (Phi) is 4.21. The molecule has 0 radical (unpaired) electrons. The molecule has 1 unspecified atom stereocenters. The highest BCUT2D eigenvalue weighted by atomic mass is 32.2. The van der Waals surface area contributed by atoms with Crippen LogP contribution in [-0.2, 0) is 11.2 Å². The summed E-state index contributed by atoms with van der Waals surface area (Å²) in [4.78, 5) is 7.04. The number of ether oxygens (including phenoxy) is 1. The van der Waals surface area contributed by atoms with Crippen molar-refractivity contribution >= 4 is 23.1 Å². The number of benzene rings is 1. The van der Waals surface area contributed by atoms with Gasteiger partial charge >= 0.3 is 0 Å². The molecule has 3 rings (SSSR count). The highest BCUT2D eigenvalue weighted by Gasteiger charge is 2.22. The van der Waals surface area contributed by atoms with E-state index in [1.54, 1.807) is 11.3 Å². The molecule has 0 aliphatic carbocycles. The zero-order chi connectivity index (χ0) is 13.1. The zero-order valence-corrected chi connectivity index (χ0v) is 12.6. The number of thioether (sulfide) groups is 1. The van der Waals surface area contributed by atoms with Crippen LogP contribution in [0.1, 0.15) is 22.1 Å². The summed E-state index contributed by atoms with van der Waals surface area (Å²) in [5.74, 6) is 1.71. The van der Waals surface area contributed by atoms with E-state index in [2.05, 4.69) is 36.2 Å². The summed E-state index contributed by atoms with van der Waals surface area (Å²) in [5.41, 5.74) is 4.52. The van der Waals surface area contributed by atoms with E-state index in [0.717, 1.165) is 31.1 Å². The largest absolute Gasteiger partial charge is 0.380 e. The quantitative estimate of drug-likeness (QED) is 0.780. The topological polar surface area (TPSA) is 22.1 Å². The predicted molar refractivity (Wildman–Crippen MR) is 81.3 cm³/mol. The van der Waals surface area contributed by atoms with Crippen LogP contribution >= 0.6 is 23.1 Å². The third kappa shape index (κ3) is 3.02. The first-order valence-corrected chi connectivity index (χ1v) is 8.39. The molecule has 100 valence electrons. The van der Waals surface area contributed by atoms with E-state index in [4.69, 9.17) is 4.74 Å². The molecule has 1 aliphatic rings. The molecular weight excluding hydrogens is 274 g/mol. The molecule has 0 saturated heterocycles. The maximum absolute atomic E-state index is 5.87. The Morgan fingerprint density at radius 2 is 2.26 bits per heavy atom. The summed E-state index contributed by atoms with van der Waals surface area (Å²) in [6.45, 7) is 3.70. The van der Waals surface area contributed by atoms with E-state index >= 15 is 0 Å². The zero-order valence-electron chi connectivity index (χ0n) is 11.0. The number of aromatic nitrogens is 1. The van der Waals surface area contributed by atoms with E-state index in [1.807, 2.05) is 17.3 Å². The predicted octanol–water partition coefficient (Wildman–Crippen LogP) is 3.90. The Hall–Kier alpha value is -0.840. The normalized spacial score (nSPS) is 17.6. The van der Waals surface area contributed by atoms with Crippen LogP contribution in [0.4, 0.5) is 0 Å². The van der Waals surface area contributed by atoms with Gasteiger partial charge in [0, 0.05) is 27.9 Å². The maximum Gasteiger partial charge on any atom is 0.0797 e. The number of hydrogen-bond acceptors (Lipinski definition) is 4. The molecule has 2 nitrogen and oxygen atoms in total. The van der Waals surface area contributed by atoms with Crippen molar-refractivity contribution in [3.8, 4) is 0 Å². The third-order valence-electron chi connectivity index (χ3n) is 3.44. The minimum atomic E-state index is 0.559. The van der Waals surface area contributed by atoms with Gasteiger partial charge in [-0.05, 0) is 18.6 Å². The van der Waals surface area contributed by atoms with Gasteiger partial charge in [-0.15, -0.1) is 23.1 Å². The molecular formula is C15H17NOS2. The number of fused-ring (bicyclic) bond motifs is 1. The summed E-state index contributed by atoms with van der Waals surface area (Å²) in [6, 6.07) is 8.68. The standard InChI is InChI=1S/C15H17NOS2/c1-11-14(19-10-16-11)6-7-17-8-12-9-18-15-5-3-2-4-13(12)15/h2-5,10,12H,6-9H2,1H3. The minimum absolute atomic E-state index is 0.559. The summed E-state index contributed by atoms with van der Waals surface area (Å²) >= 11 is 3.67. The Labute approximate surface area is 122 Å². The highest BCUT2D eigenvalue weighted by molar-refractivity contribution is 7.99. The lowest BCUT2D eigenvalue weighted by Crippen LogP contribution is -2.09. The summed E-state index contributed by atoms with van der Waals surface area (Å²) in [7, 11) is 0. The molecule has 2 heterocycles. The fourth-order valence-corrected chi connectivity index (χ4v) is 4.32. The van der Waals surface area contributed by atoms with Crippen molar-refractivity contribution < 1.29 is 4.74 Å². The fraction of sp³-hybridized carbons (Fsp3) is 0.400. The Morgan fingerprint density at radius 1 is 1.37 bits per heavy atom. The van der Waals surface area contributed by atoms with Gasteiger partial charge in [0.05, 0.1) is 24.4 Å². The van der Waals surface area contributed by atoms with Gasteiger partial charge < -0.3 is 4.74 Å². The first-order chi connectivity index (χ1) is 9.34. The molecule has 2 aromatic rings. The SMILES string of the molecule is Cc1ncsc1CCOCC1CSc2ccccc21. The fourth-order valence-electron chi connectivity index (χ4n) is 2.32. The second-order valence-corrected chi connectivity index (χ2v) is 6.73. The third-order valence-corrected chi connectivity index (χ3v) is 5.68. The van der Waals surface area contributed by atoms with Crippen LogP contribution in [0.3, 0.4) is 0 Å². The molecule has 19 heavy (non-hydrogen) atoms. The molecule has 0 bridgehead atoms. The van der Waals surface area contributed by atoms with Crippen LogP contribution in [0.25, 0.3) is 0 Å². The van der Waals surface area contributed by atoms with E-state index in [-0.39, 0.29) is 0 Å². The van der Waals surface area contributed by atoms with Crippen LogP contribution in [0.5, 0.6) is 0 Å². The van der Waals surface area contributed by atoms with Crippen molar-refractivity contribution in [2.45, 2.75) is 24.2 Å². The smallest absolute Gasteiger partial charge is 0.0797 e. The number of thiazole rings is 1. The number of rotatable bonds is 5. The average Bonchev–Trinajstić information content (AvgIpc) is 3.02. The van der Waals surface area contributed by atoms with Crippen molar-refractivity contribution in [1.29, 1.82) is 0 Å². The van der Waals surface area contributed by atoms with E-state index in [0.29, 0.717) is 5.92 Å². The van der Waals surface area contributed by atoms with Crippen LogP contribution in [-0.4, -0.2) is 24.0 Å². The molecule has 0 fully saturated rings. The van der Waals surface area contributed by atoms with Crippen molar-refractivity contribution in [1.82, 2.24) is 4.98 Å². The number of hydrogen-bond donors (Lipinski definition) is 0. The van der Waals surface area contributed by atoms with E-state index in [9.17, 15) is 0 Å². The van der Waals surface area contributed by atoms with Crippen molar-refractivity contribution in [3.05, 3.63) is 45.9 Å².